The van der Waals surface area contributed by atoms with Gasteiger partial charge in [0, 0.05) is 37.6 Å². The second kappa shape index (κ2) is 7.22. The maximum absolute atomic E-state index is 4.80. The van der Waals surface area contributed by atoms with Gasteiger partial charge >= 0.3 is 0 Å². The third kappa shape index (κ3) is 3.27. The molecule has 27 heavy (non-hydrogen) atoms. The highest BCUT2D eigenvalue weighted by Gasteiger charge is 2.17. The number of anilines is 2. The first-order chi connectivity index (χ1) is 13.1. The Hall–Kier alpha value is -2.56. The molecule has 142 valence electrons. The molecule has 5 heteroatoms. The minimum atomic E-state index is 0.961. The molecule has 2 heterocycles. The lowest BCUT2D eigenvalue weighted by Crippen LogP contribution is -2.21. The van der Waals surface area contributed by atoms with Crippen LogP contribution in [-0.2, 0) is 0 Å². The topological polar surface area (TPSA) is 37.2 Å². The van der Waals surface area contributed by atoms with E-state index in [1.807, 2.05) is 0 Å². The summed E-state index contributed by atoms with van der Waals surface area (Å²) >= 11 is 0. The Bertz CT molecular complexity index is 949. The zero-order valence-electron chi connectivity index (χ0n) is 16.9. The zero-order valence-corrected chi connectivity index (χ0v) is 16.9. The quantitative estimate of drug-likeness (QED) is 0.670. The molecule has 0 amide bonds. The molecule has 0 N–H and O–H groups in total. The lowest BCUT2D eigenvalue weighted by atomic mass is 10.1. The van der Waals surface area contributed by atoms with E-state index in [0.717, 1.165) is 42.9 Å². The average Bonchev–Trinajstić information content (AvgIpc) is 3.31. The molecular formula is C22H29N5. The van der Waals surface area contributed by atoms with Crippen LogP contribution in [0.4, 0.5) is 11.4 Å². The molecule has 4 rings (SSSR count). The van der Waals surface area contributed by atoms with Crippen LogP contribution in [0.3, 0.4) is 0 Å². The molecule has 1 aliphatic heterocycles. The molecule has 3 aromatic rings. The largest absolute Gasteiger partial charge is 0.372 e. The fraction of sp³-hybridized carbons (Fsp3) is 0.455. The van der Waals surface area contributed by atoms with Crippen LogP contribution in [0.2, 0.25) is 0 Å². The van der Waals surface area contributed by atoms with Gasteiger partial charge in [0.1, 0.15) is 11.0 Å². The van der Waals surface area contributed by atoms with Gasteiger partial charge in [-0.1, -0.05) is 0 Å². The minimum absolute atomic E-state index is 0.961. The predicted molar refractivity (Wildman–Crippen MR) is 113 cm³/mol. The molecule has 0 spiro atoms. The van der Waals surface area contributed by atoms with Crippen LogP contribution in [-0.4, -0.2) is 41.2 Å². The number of hydrogen-bond acceptors (Lipinski definition) is 4. The van der Waals surface area contributed by atoms with Crippen LogP contribution >= 0.6 is 0 Å². The number of rotatable bonds is 5. The summed E-state index contributed by atoms with van der Waals surface area (Å²) in [5.41, 5.74) is 8.01. The summed E-state index contributed by atoms with van der Waals surface area (Å²) in [6.45, 7) is 13.0. The van der Waals surface area contributed by atoms with E-state index in [9.17, 15) is 0 Å². The second-order valence-corrected chi connectivity index (χ2v) is 7.45. The third-order valence-electron chi connectivity index (χ3n) is 5.67. The molecule has 0 saturated carbocycles. The van der Waals surface area contributed by atoms with Crippen molar-refractivity contribution in [2.45, 2.75) is 40.5 Å². The van der Waals surface area contributed by atoms with E-state index in [4.69, 9.17) is 10.2 Å². The summed E-state index contributed by atoms with van der Waals surface area (Å²) in [4.78, 5) is 6.62. The fourth-order valence-electron chi connectivity index (χ4n) is 4.11. The maximum atomic E-state index is 4.80. The number of fused-ring (bicyclic) bond motifs is 1. The summed E-state index contributed by atoms with van der Waals surface area (Å²) in [6.07, 6.45) is 2.56. The minimum Gasteiger partial charge on any atom is -0.372 e. The number of benzene rings is 2. The van der Waals surface area contributed by atoms with Crippen molar-refractivity contribution < 1.29 is 0 Å². The van der Waals surface area contributed by atoms with Gasteiger partial charge in [0.15, 0.2) is 0 Å². The van der Waals surface area contributed by atoms with Gasteiger partial charge in [-0.25, -0.2) is 0 Å². The Morgan fingerprint density at radius 2 is 1.48 bits per heavy atom. The van der Waals surface area contributed by atoms with Crippen LogP contribution in [0, 0.1) is 13.8 Å². The first kappa shape index (κ1) is 17.8. The highest BCUT2D eigenvalue weighted by molar-refractivity contribution is 5.81. The van der Waals surface area contributed by atoms with Crippen LogP contribution < -0.4 is 9.80 Å². The van der Waals surface area contributed by atoms with Crippen molar-refractivity contribution in [2.24, 2.45) is 0 Å². The summed E-state index contributed by atoms with van der Waals surface area (Å²) in [5, 5.41) is 9.56. The van der Waals surface area contributed by atoms with E-state index in [1.165, 1.54) is 35.3 Å². The Morgan fingerprint density at radius 3 is 2.11 bits per heavy atom. The van der Waals surface area contributed by atoms with E-state index in [-0.39, 0.29) is 0 Å². The third-order valence-corrected chi connectivity index (χ3v) is 5.67. The summed E-state index contributed by atoms with van der Waals surface area (Å²) < 4.78 is 0. The number of aryl methyl sites for hydroxylation is 2. The standard InChI is InChI=1S/C22H29N5/c1-5-25(6-2)18-9-10-21(16(3)13-18)27-23-19-14-17(4)22(15-20(19)24-27)26-11-7-8-12-26/h9-10,13-15H,5-8,11-12H2,1-4H3. The fourth-order valence-corrected chi connectivity index (χ4v) is 4.11. The molecule has 0 bridgehead atoms. The smallest absolute Gasteiger partial charge is 0.115 e. The first-order valence-electron chi connectivity index (χ1n) is 10.1. The van der Waals surface area contributed by atoms with Gasteiger partial charge in [-0.3, -0.25) is 0 Å². The Kier molecular flexibility index (Phi) is 4.77. The molecule has 0 aliphatic carbocycles. The molecule has 1 aromatic heterocycles. The van der Waals surface area contributed by atoms with E-state index in [1.54, 1.807) is 4.80 Å². The van der Waals surface area contributed by atoms with Crippen molar-refractivity contribution in [1.29, 1.82) is 0 Å². The van der Waals surface area contributed by atoms with Gasteiger partial charge < -0.3 is 9.80 Å². The van der Waals surface area contributed by atoms with Crippen molar-refractivity contribution >= 4 is 22.4 Å². The molecule has 2 aromatic carbocycles. The van der Waals surface area contributed by atoms with E-state index < -0.39 is 0 Å². The predicted octanol–water partition coefficient (Wildman–Crippen LogP) is 4.48. The molecule has 0 radical (unpaired) electrons. The monoisotopic (exact) mass is 363 g/mol. The number of hydrogen-bond donors (Lipinski definition) is 0. The van der Waals surface area contributed by atoms with E-state index in [0.29, 0.717) is 0 Å². The number of aromatic nitrogens is 3. The van der Waals surface area contributed by atoms with Gasteiger partial charge in [0.2, 0.25) is 0 Å². The van der Waals surface area contributed by atoms with Crippen LogP contribution in [0.15, 0.2) is 30.3 Å². The highest BCUT2D eigenvalue weighted by atomic mass is 15.5. The molecule has 1 fully saturated rings. The van der Waals surface area contributed by atoms with Crippen molar-refractivity contribution in [3.8, 4) is 5.69 Å². The number of nitrogens with zero attached hydrogens (tertiary/aromatic N) is 5. The molecule has 1 saturated heterocycles. The summed E-state index contributed by atoms with van der Waals surface area (Å²) in [6, 6.07) is 10.9. The zero-order chi connectivity index (χ0) is 19.0. The van der Waals surface area contributed by atoms with Crippen molar-refractivity contribution in [3.63, 3.8) is 0 Å². The average molecular weight is 364 g/mol. The van der Waals surface area contributed by atoms with E-state index in [2.05, 4.69) is 67.8 Å². The molecule has 0 atom stereocenters. The van der Waals surface area contributed by atoms with Gasteiger partial charge in [-0.05, 0) is 82.0 Å². The van der Waals surface area contributed by atoms with Crippen LogP contribution in [0.1, 0.15) is 37.8 Å². The molecular weight excluding hydrogens is 334 g/mol. The summed E-state index contributed by atoms with van der Waals surface area (Å²) in [5.74, 6) is 0. The lowest BCUT2D eigenvalue weighted by Gasteiger charge is -2.22. The van der Waals surface area contributed by atoms with Gasteiger partial charge in [0.25, 0.3) is 0 Å². The van der Waals surface area contributed by atoms with Gasteiger partial charge in [-0.2, -0.15) is 4.80 Å². The Labute approximate surface area is 161 Å². The molecule has 5 nitrogen and oxygen atoms in total. The highest BCUT2D eigenvalue weighted by Crippen LogP contribution is 2.29. The molecule has 0 unspecified atom stereocenters. The van der Waals surface area contributed by atoms with Gasteiger partial charge in [0.05, 0.1) is 5.69 Å². The maximum Gasteiger partial charge on any atom is 0.115 e. The normalized spacial score (nSPS) is 14.3. The molecule has 1 aliphatic rings. The Morgan fingerprint density at radius 1 is 0.852 bits per heavy atom. The van der Waals surface area contributed by atoms with Crippen LogP contribution in [0.25, 0.3) is 16.7 Å². The Balaban J connectivity index is 1.71. The first-order valence-corrected chi connectivity index (χ1v) is 10.1. The van der Waals surface area contributed by atoms with Gasteiger partial charge in [-0.15, -0.1) is 10.2 Å². The SMILES string of the molecule is CCN(CC)c1ccc(-n2nc3cc(C)c(N4CCCC4)cc3n2)c(C)c1. The van der Waals surface area contributed by atoms with E-state index >= 15 is 0 Å². The van der Waals surface area contributed by atoms with Crippen molar-refractivity contribution in [1.82, 2.24) is 15.0 Å². The lowest BCUT2D eigenvalue weighted by molar-refractivity contribution is 0.759. The second-order valence-electron chi connectivity index (χ2n) is 7.45. The van der Waals surface area contributed by atoms with Crippen molar-refractivity contribution in [3.05, 3.63) is 41.5 Å². The van der Waals surface area contributed by atoms with Crippen LogP contribution in [0.5, 0.6) is 0 Å². The summed E-state index contributed by atoms with van der Waals surface area (Å²) in [7, 11) is 0. The van der Waals surface area contributed by atoms with Crippen molar-refractivity contribution in [2.75, 3.05) is 36.0 Å².